The first-order valence-corrected chi connectivity index (χ1v) is 5.98. The predicted molar refractivity (Wildman–Crippen MR) is 59.4 cm³/mol. The first-order valence-electron chi connectivity index (χ1n) is 5.98. The molecule has 2 aliphatic rings. The maximum atomic E-state index is 2.61. The molecular weight excluding hydrogens is 174 g/mol. The SMILES string of the molecule is CN1CCCN2CCCN(CCC1)C2. The number of rotatable bonds is 0. The zero-order valence-electron chi connectivity index (χ0n) is 9.41. The van der Waals surface area contributed by atoms with Crippen LogP contribution in [0.1, 0.15) is 19.3 Å². The van der Waals surface area contributed by atoms with Crippen LogP contribution in [-0.2, 0) is 0 Å². The van der Waals surface area contributed by atoms with Gasteiger partial charge in [0, 0.05) is 26.2 Å². The van der Waals surface area contributed by atoms with Gasteiger partial charge in [0.1, 0.15) is 0 Å². The highest BCUT2D eigenvalue weighted by Crippen LogP contribution is 2.09. The summed E-state index contributed by atoms with van der Waals surface area (Å²) in [5.41, 5.74) is 0. The first-order chi connectivity index (χ1) is 6.84. The van der Waals surface area contributed by atoms with Gasteiger partial charge in [-0.3, -0.25) is 9.80 Å². The van der Waals surface area contributed by atoms with Gasteiger partial charge in [-0.05, 0) is 39.4 Å². The average Bonchev–Trinajstić information content (AvgIpc) is 2.18. The van der Waals surface area contributed by atoms with Crippen molar-refractivity contribution in [1.82, 2.24) is 14.7 Å². The number of nitrogens with zero attached hydrogens (tertiary/aromatic N) is 3. The zero-order valence-corrected chi connectivity index (χ0v) is 9.41. The highest BCUT2D eigenvalue weighted by atomic mass is 15.3. The van der Waals surface area contributed by atoms with E-state index in [0.717, 1.165) is 0 Å². The minimum atomic E-state index is 1.23. The lowest BCUT2D eigenvalue weighted by molar-refractivity contribution is 0.0728. The minimum absolute atomic E-state index is 1.23. The molecule has 0 spiro atoms. The molecule has 0 saturated carbocycles. The van der Waals surface area contributed by atoms with Crippen LogP contribution in [0.3, 0.4) is 0 Å². The Labute approximate surface area is 87.7 Å². The summed E-state index contributed by atoms with van der Waals surface area (Å²) in [6, 6.07) is 0. The topological polar surface area (TPSA) is 9.72 Å². The van der Waals surface area contributed by atoms with Crippen molar-refractivity contribution in [1.29, 1.82) is 0 Å². The Bertz CT molecular complexity index is 156. The van der Waals surface area contributed by atoms with Crippen LogP contribution in [0.2, 0.25) is 0 Å². The zero-order chi connectivity index (χ0) is 9.80. The molecule has 2 saturated heterocycles. The molecule has 0 aromatic rings. The fourth-order valence-corrected chi connectivity index (χ4v) is 2.55. The van der Waals surface area contributed by atoms with Gasteiger partial charge in [0.05, 0.1) is 6.67 Å². The van der Waals surface area contributed by atoms with E-state index in [1.165, 1.54) is 65.2 Å². The van der Waals surface area contributed by atoms with E-state index in [2.05, 4.69) is 21.7 Å². The second-order valence-corrected chi connectivity index (χ2v) is 4.74. The van der Waals surface area contributed by atoms with Crippen molar-refractivity contribution in [3.05, 3.63) is 0 Å². The molecule has 0 aliphatic carbocycles. The molecule has 2 fully saturated rings. The van der Waals surface area contributed by atoms with Gasteiger partial charge in [0.25, 0.3) is 0 Å². The Kier molecular flexibility index (Phi) is 3.79. The number of fused-ring (bicyclic) bond motifs is 2. The largest absolute Gasteiger partial charge is 0.306 e. The standard InChI is InChI=1S/C11H23N3/c1-12-5-2-7-13-9-4-10-14(11-13)8-3-6-12/h2-11H2,1H3. The smallest absolute Gasteiger partial charge is 0.0506 e. The molecule has 2 rings (SSSR count). The summed E-state index contributed by atoms with van der Waals surface area (Å²) < 4.78 is 0. The van der Waals surface area contributed by atoms with E-state index in [-0.39, 0.29) is 0 Å². The highest BCUT2D eigenvalue weighted by molar-refractivity contribution is 4.71. The molecule has 82 valence electrons. The quantitative estimate of drug-likeness (QED) is 0.565. The van der Waals surface area contributed by atoms with E-state index >= 15 is 0 Å². The Hall–Kier alpha value is -0.120. The fourth-order valence-electron chi connectivity index (χ4n) is 2.55. The van der Waals surface area contributed by atoms with Gasteiger partial charge in [-0.1, -0.05) is 0 Å². The molecule has 2 heterocycles. The van der Waals surface area contributed by atoms with Gasteiger partial charge in [-0.15, -0.1) is 0 Å². The van der Waals surface area contributed by atoms with Crippen LogP contribution in [0.15, 0.2) is 0 Å². The van der Waals surface area contributed by atoms with Crippen LogP contribution in [0.5, 0.6) is 0 Å². The van der Waals surface area contributed by atoms with Crippen LogP contribution in [0, 0.1) is 0 Å². The van der Waals surface area contributed by atoms with E-state index in [0.29, 0.717) is 0 Å². The molecule has 0 aromatic heterocycles. The second-order valence-electron chi connectivity index (χ2n) is 4.74. The monoisotopic (exact) mass is 197 g/mol. The molecule has 0 radical (unpaired) electrons. The van der Waals surface area contributed by atoms with Crippen molar-refractivity contribution in [3.8, 4) is 0 Å². The highest BCUT2D eigenvalue weighted by Gasteiger charge is 2.17. The van der Waals surface area contributed by atoms with Gasteiger partial charge >= 0.3 is 0 Å². The summed E-state index contributed by atoms with van der Waals surface area (Å²) in [4.78, 5) is 7.70. The molecule has 2 bridgehead atoms. The molecular formula is C11H23N3. The third-order valence-corrected chi connectivity index (χ3v) is 3.38. The third kappa shape index (κ3) is 2.94. The van der Waals surface area contributed by atoms with Crippen LogP contribution in [-0.4, -0.2) is 67.7 Å². The van der Waals surface area contributed by atoms with Crippen molar-refractivity contribution < 1.29 is 0 Å². The molecule has 3 heteroatoms. The van der Waals surface area contributed by atoms with E-state index in [4.69, 9.17) is 0 Å². The maximum Gasteiger partial charge on any atom is 0.0506 e. The Balaban J connectivity index is 1.86. The average molecular weight is 197 g/mol. The summed E-state index contributed by atoms with van der Waals surface area (Å²) >= 11 is 0. The van der Waals surface area contributed by atoms with Crippen molar-refractivity contribution >= 4 is 0 Å². The number of hydrogen-bond donors (Lipinski definition) is 0. The fraction of sp³-hybridized carbons (Fsp3) is 1.00. The van der Waals surface area contributed by atoms with E-state index < -0.39 is 0 Å². The maximum absolute atomic E-state index is 2.61. The van der Waals surface area contributed by atoms with Crippen molar-refractivity contribution in [2.45, 2.75) is 19.3 Å². The van der Waals surface area contributed by atoms with Gasteiger partial charge in [-0.2, -0.15) is 0 Å². The molecule has 0 amide bonds. The second kappa shape index (κ2) is 5.10. The van der Waals surface area contributed by atoms with Crippen LogP contribution in [0.4, 0.5) is 0 Å². The van der Waals surface area contributed by atoms with Crippen LogP contribution < -0.4 is 0 Å². The summed E-state index contributed by atoms with van der Waals surface area (Å²) in [6.07, 6.45) is 4.05. The lowest BCUT2D eigenvalue weighted by Crippen LogP contribution is -2.47. The number of hydrogen-bond acceptors (Lipinski definition) is 3. The lowest BCUT2D eigenvalue weighted by atomic mass is 10.2. The van der Waals surface area contributed by atoms with Crippen molar-refractivity contribution in [3.63, 3.8) is 0 Å². The van der Waals surface area contributed by atoms with E-state index in [1.54, 1.807) is 0 Å². The summed E-state index contributed by atoms with van der Waals surface area (Å²) in [7, 11) is 2.25. The first kappa shape index (κ1) is 10.4. The lowest BCUT2D eigenvalue weighted by Gasteiger charge is -2.37. The molecule has 2 unspecified atom stereocenters. The van der Waals surface area contributed by atoms with Gasteiger partial charge < -0.3 is 4.90 Å². The summed E-state index contributed by atoms with van der Waals surface area (Å²) in [5.74, 6) is 0. The molecule has 0 aromatic carbocycles. The predicted octanol–water partition coefficient (Wildman–Crippen LogP) is 0.677. The van der Waals surface area contributed by atoms with E-state index in [1.807, 2.05) is 0 Å². The van der Waals surface area contributed by atoms with Crippen molar-refractivity contribution in [2.24, 2.45) is 0 Å². The minimum Gasteiger partial charge on any atom is -0.306 e. The Morgan fingerprint density at radius 1 is 0.643 bits per heavy atom. The summed E-state index contributed by atoms with van der Waals surface area (Å²) in [6.45, 7) is 9.00. The third-order valence-electron chi connectivity index (χ3n) is 3.38. The Morgan fingerprint density at radius 3 is 1.57 bits per heavy atom. The van der Waals surface area contributed by atoms with Gasteiger partial charge in [-0.25, -0.2) is 0 Å². The van der Waals surface area contributed by atoms with Crippen LogP contribution in [0.25, 0.3) is 0 Å². The summed E-state index contributed by atoms with van der Waals surface area (Å²) in [5, 5.41) is 0. The normalized spacial score (nSPS) is 36.6. The molecule has 0 N–H and O–H groups in total. The molecule has 3 nitrogen and oxygen atoms in total. The molecule has 14 heavy (non-hydrogen) atoms. The van der Waals surface area contributed by atoms with E-state index in [9.17, 15) is 0 Å². The van der Waals surface area contributed by atoms with Crippen molar-refractivity contribution in [2.75, 3.05) is 53.0 Å². The molecule has 2 aliphatic heterocycles. The Morgan fingerprint density at radius 2 is 1.07 bits per heavy atom. The van der Waals surface area contributed by atoms with Gasteiger partial charge in [0.15, 0.2) is 0 Å². The van der Waals surface area contributed by atoms with Gasteiger partial charge in [0.2, 0.25) is 0 Å². The van der Waals surface area contributed by atoms with Crippen LogP contribution >= 0.6 is 0 Å². The molecule has 2 atom stereocenters.